The van der Waals surface area contributed by atoms with Crippen LogP contribution in [0.5, 0.6) is 0 Å². The zero-order chi connectivity index (χ0) is 20.0. The number of hydrogen-bond donors (Lipinski definition) is 1. The van der Waals surface area contributed by atoms with Gasteiger partial charge in [0.15, 0.2) is 0 Å². The van der Waals surface area contributed by atoms with Gasteiger partial charge in [0.25, 0.3) is 0 Å². The van der Waals surface area contributed by atoms with Gasteiger partial charge in [0, 0.05) is 0 Å². The molecular formula is C7HF13O4. The van der Waals surface area contributed by atoms with E-state index in [0.29, 0.717) is 0 Å². The Morgan fingerprint density at radius 3 is 1.25 bits per heavy atom. The molecule has 4 nitrogen and oxygen atoms in total. The van der Waals surface area contributed by atoms with Crippen LogP contribution in [0.3, 0.4) is 0 Å². The largest absolute Gasteiger partial charge is 0.525 e. The predicted octanol–water partition coefficient (Wildman–Crippen LogP) is 3.67. The first-order valence-corrected chi connectivity index (χ1v) is 4.70. The maximum Gasteiger partial charge on any atom is 0.525 e. The standard InChI is InChI=1S/C7HF13O4/c8-2(1(21)22,4(10,11)12)23-6(16,17)3(9,5(13,14)15)24-7(18,19)20/h(H,21,22). The minimum atomic E-state index is -7.44. The average Bonchev–Trinajstić information content (AvgIpc) is 2.21. The van der Waals surface area contributed by atoms with E-state index >= 15 is 0 Å². The highest BCUT2D eigenvalue weighted by Gasteiger charge is 2.81. The van der Waals surface area contributed by atoms with E-state index in [0.717, 1.165) is 0 Å². The Labute approximate surface area is 120 Å². The highest BCUT2D eigenvalue weighted by molar-refractivity contribution is 5.76. The Morgan fingerprint density at radius 1 is 0.667 bits per heavy atom. The lowest BCUT2D eigenvalue weighted by Gasteiger charge is -2.36. The maximum atomic E-state index is 13.1. The number of alkyl halides is 13. The average molecular weight is 396 g/mol. The third-order valence-electron chi connectivity index (χ3n) is 1.90. The Bertz CT molecular complexity index is 478. The molecule has 0 aromatic heterocycles. The van der Waals surface area contributed by atoms with Crippen molar-refractivity contribution >= 4 is 5.97 Å². The van der Waals surface area contributed by atoms with Gasteiger partial charge >= 0.3 is 42.5 Å². The molecule has 0 radical (unpaired) electrons. The van der Waals surface area contributed by atoms with E-state index in [2.05, 4.69) is 0 Å². The summed E-state index contributed by atoms with van der Waals surface area (Å²) in [5, 5.41) is 7.81. The molecule has 0 aromatic rings. The summed E-state index contributed by atoms with van der Waals surface area (Å²) in [5.74, 6) is -18.2. The third kappa shape index (κ3) is 4.11. The van der Waals surface area contributed by atoms with Crippen molar-refractivity contribution < 1.29 is 76.5 Å². The van der Waals surface area contributed by atoms with Crippen LogP contribution in [-0.4, -0.2) is 47.6 Å². The normalized spacial score (nSPS) is 19.5. The van der Waals surface area contributed by atoms with Gasteiger partial charge < -0.3 is 5.11 Å². The van der Waals surface area contributed by atoms with Crippen molar-refractivity contribution in [2.75, 3.05) is 0 Å². The molecular weight excluding hydrogens is 395 g/mol. The van der Waals surface area contributed by atoms with Gasteiger partial charge in [-0.1, -0.05) is 0 Å². The number of hydrogen-bond acceptors (Lipinski definition) is 3. The molecule has 0 aliphatic rings. The van der Waals surface area contributed by atoms with E-state index in [1.54, 1.807) is 4.74 Å². The zero-order valence-electron chi connectivity index (χ0n) is 10.1. The molecule has 0 aliphatic carbocycles. The molecule has 2 unspecified atom stereocenters. The van der Waals surface area contributed by atoms with E-state index in [1.165, 1.54) is 4.74 Å². The Morgan fingerprint density at radius 2 is 1.04 bits per heavy atom. The zero-order valence-corrected chi connectivity index (χ0v) is 10.1. The number of carbonyl (C=O) groups is 1. The summed E-state index contributed by atoms with van der Waals surface area (Å²) in [6.07, 6.45) is -28.8. The molecule has 0 saturated heterocycles. The van der Waals surface area contributed by atoms with Gasteiger partial charge in [0.1, 0.15) is 0 Å². The van der Waals surface area contributed by atoms with Gasteiger partial charge in [0.2, 0.25) is 0 Å². The SMILES string of the molecule is O=C(O)C(F)(OC(F)(F)C(F)(OC(F)(F)F)C(F)(F)F)C(F)(F)F. The van der Waals surface area contributed by atoms with E-state index in [-0.39, 0.29) is 0 Å². The lowest BCUT2D eigenvalue weighted by atomic mass is 10.2. The minimum absolute atomic E-state index is 1.40. The molecule has 2 atom stereocenters. The molecule has 0 saturated carbocycles. The summed E-state index contributed by atoms with van der Waals surface area (Å²) in [4.78, 5) is 9.99. The van der Waals surface area contributed by atoms with Gasteiger partial charge in [-0.15, -0.1) is 13.2 Å². The summed E-state index contributed by atoms with van der Waals surface area (Å²) in [7, 11) is 0. The van der Waals surface area contributed by atoms with Gasteiger partial charge in [-0.3, -0.25) is 4.74 Å². The first-order valence-electron chi connectivity index (χ1n) is 4.70. The lowest BCUT2D eigenvalue weighted by Crippen LogP contribution is -2.65. The van der Waals surface area contributed by atoms with Crippen LogP contribution in [0.1, 0.15) is 0 Å². The Hall–Kier alpha value is -1.52. The molecule has 24 heavy (non-hydrogen) atoms. The second-order valence-corrected chi connectivity index (χ2v) is 3.66. The van der Waals surface area contributed by atoms with Crippen molar-refractivity contribution in [3.63, 3.8) is 0 Å². The molecule has 0 amide bonds. The summed E-state index contributed by atoms with van der Waals surface area (Å²) < 4.78 is 162. The topological polar surface area (TPSA) is 55.8 Å². The number of aliphatic carboxylic acids is 1. The molecule has 0 aliphatic heterocycles. The van der Waals surface area contributed by atoms with Crippen LogP contribution in [0.25, 0.3) is 0 Å². The quantitative estimate of drug-likeness (QED) is 0.721. The summed E-state index contributed by atoms with van der Waals surface area (Å²) in [5.41, 5.74) is 0. The van der Waals surface area contributed by atoms with E-state index in [4.69, 9.17) is 5.11 Å². The fourth-order valence-corrected chi connectivity index (χ4v) is 0.907. The number of carboxylic acid groups (broad SMARTS) is 1. The van der Waals surface area contributed by atoms with Crippen molar-refractivity contribution in [1.82, 2.24) is 0 Å². The number of rotatable bonds is 5. The van der Waals surface area contributed by atoms with Crippen LogP contribution < -0.4 is 0 Å². The van der Waals surface area contributed by atoms with Gasteiger partial charge in [-0.05, 0) is 0 Å². The fourth-order valence-electron chi connectivity index (χ4n) is 0.907. The highest BCUT2D eigenvalue weighted by atomic mass is 19.4. The fraction of sp³-hybridized carbons (Fsp3) is 0.857. The van der Waals surface area contributed by atoms with Gasteiger partial charge in [-0.25, -0.2) is 9.53 Å². The monoisotopic (exact) mass is 396 g/mol. The van der Waals surface area contributed by atoms with Crippen molar-refractivity contribution in [1.29, 1.82) is 0 Å². The highest BCUT2D eigenvalue weighted by Crippen LogP contribution is 2.52. The molecule has 0 heterocycles. The summed E-state index contributed by atoms with van der Waals surface area (Å²) in [6.45, 7) is 0. The molecule has 0 aromatic carbocycles. The maximum absolute atomic E-state index is 13.1. The van der Waals surface area contributed by atoms with Crippen LogP contribution in [0.4, 0.5) is 57.1 Å². The smallest absolute Gasteiger partial charge is 0.477 e. The van der Waals surface area contributed by atoms with Crippen LogP contribution in [0.15, 0.2) is 0 Å². The van der Waals surface area contributed by atoms with Gasteiger partial charge in [-0.2, -0.15) is 43.9 Å². The van der Waals surface area contributed by atoms with E-state index < -0.39 is 42.5 Å². The Kier molecular flexibility index (Phi) is 5.41. The summed E-state index contributed by atoms with van der Waals surface area (Å²) >= 11 is 0. The van der Waals surface area contributed by atoms with E-state index in [1.807, 2.05) is 0 Å². The molecule has 0 fully saturated rings. The summed E-state index contributed by atoms with van der Waals surface area (Å²) in [6, 6.07) is 0. The third-order valence-corrected chi connectivity index (χ3v) is 1.90. The van der Waals surface area contributed by atoms with Crippen molar-refractivity contribution in [2.45, 2.75) is 36.5 Å². The Balaban J connectivity index is 6.18. The van der Waals surface area contributed by atoms with Crippen molar-refractivity contribution in [3.05, 3.63) is 0 Å². The molecule has 144 valence electrons. The predicted molar refractivity (Wildman–Crippen MR) is 40.6 cm³/mol. The first-order chi connectivity index (χ1) is 10.1. The molecule has 17 heteroatoms. The molecule has 0 bridgehead atoms. The van der Waals surface area contributed by atoms with Crippen molar-refractivity contribution in [2.24, 2.45) is 0 Å². The molecule has 0 spiro atoms. The van der Waals surface area contributed by atoms with Crippen LogP contribution in [0, 0.1) is 0 Å². The minimum Gasteiger partial charge on any atom is -0.477 e. The van der Waals surface area contributed by atoms with Gasteiger partial charge in [0.05, 0.1) is 0 Å². The number of ether oxygens (including phenoxy) is 2. The van der Waals surface area contributed by atoms with Crippen molar-refractivity contribution in [3.8, 4) is 0 Å². The molecule has 1 N–H and O–H groups in total. The number of carboxylic acids is 1. The van der Waals surface area contributed by atoms with E-state index in [9.17, 15) is 61.9 Å². The van der Waals surface area contributed by atoms with Crippen LogP contribution >= 0.6 is 0 Å². The van der Waals surface area contributed by atoms with Crippen LogP contribution in [-0.2, 0) is 14.3 Å². The number of halogens is 13. The first kappa shape index (κ1) is 22.5. The lowest BCUT2D eigenvalue weighted by molar-refractivity contribution is -0.539. The molecule has 0 rings (SSSR count). The van der Waals surface area contributed by atoms with Crippen LogP contribution in [0.2, 0.25) is 0 Å². The second kappa shape index (κ2) is 5.78. The second-order valence-electron chi connectivity index (χ2n) is 3.66.